The van der Waals surface area contributed by atoms with Crippen LogP contribution in [0.4, 0.5) is 5.69 Å². The van der Waals surface area contributed by atoms with Crippen LogP contribution in [0.15, 0.2) is 48.5 Å². The first kappa shape index (κ1) is 21.0. The SMILES string of the molecule is COc1cc(OC)nc(Oc2cccc(OC)c2C(=O)NNc2ccccc2Cl)n1. The first-order chi connectivity index (χ1) is 14.5. The van der Waals surface area contributed by atoms with Crippen LogP contribution in [0.1, 0.15) is 10.4 Å². The molecule has 1 heterocycles. The minimum atomic E-state index is -0.516. The number of nitrogens with one attached hydrogen (secondary N) is 2. The van der Waals surface area contributed by atoms with Gasteiger partial charge in [-0.3, -0.25) is 15.6 Å². The van der Waals surface area contributed by atoms with Crippen molar-refractivity contribution in [2.45, 2.75) is 0 Å². The number of methoxy groups -OCH3 is 3. The van der Waals surface area contributed by atoms with E-state index in [2.05, 4.69) is 20.8 Å². The van der Waals surface area contributed by atoms with E-state index in [1.807, 2.05) is 0 Å². The van der Waals surface area contributed by atoms with Gasteiger partial charge in [0.25, 0.3) is 5.91 Å². The van der Waals surface area contributed by atoms with E-state index in [9.17, 15) is 4.79 Å². The third-order valence-electron chi connectivity index (χ3n) is 3.90. The maximum atomic E-state index is 12.9. The molecule has 2 N–H and O–H groups in total. The first-order valence-electron chi connectivity index (χ1n) is 8.68. The van der Waals surface area contributed by atoms with E-state index in [1.54, 1.807) is 42.5 Å². The van der Waals surface area contributed by atoms with Gasteiger partial charge in [0.2, 0.25) is 11.8 Å². The quantitative estimate of drug-likeness (QED) is 0.521. The molecule has 1 aromatic heterocycles. The summed E-state index contributed by atoms with van der Waals surface area (Å²) in [5.41, 5.74) is 6.02. The molecule has 1 amide bonds. The second-order valence-corrected chi connectivity index (χ2v) is 6.14. The Morgan fingerprint density at radius 1 is 0.900 bits per heavy atom. The van der Waals surface area contributed by atoms with Gasteiger partial charge in [0, 0.05) is 0 Å². The number of para-hydroxylation sites is 1. The largest absolute Gasteiger partial charge is 0.496 e. The van der Waals surface area contributed by atoms with Crippen molar-refractivity contribution in [3.63, 3.8) is 0 Å². The maximum absolute atomic E-state index is 12.9. The van der Waals surface area contributed by atoms with E-state index >= 15 is 0 Å². The molecule has 3 rings (SSSR count). The van der Waals surface area contributed by atoms with E-state index in [0.717, 1.165) is 0 Å². The van der Waals surface area contributed by atoms with Crippen LogP contribution in [0.3, 0.4) is 0 Å². The summed E-state index contributed by atoms with van der Waals surface area (Å²) in [4.78, 5) is 21.1. The number of carbonyl (C=O) groups is 1. The van der Waals surface area contributed by atoms with Crippen molar-refractivity contribution < 1.29 is 23.7 Å². The highest BCUT2D eigenvalue weighted by Crippen LogP contribution is 2.32. The van der Waals surface area contributed by atoms with Crippen molar-refractivity contribution in [1.29, 1.82) is 0 Å². The molecular formula is C20H19ClN4O5. The third-order valence-corrected chi connectivity index (χ3v) is 4.23. The first-order valence-corrected chi connectivity index (χ1v) is 9.06. The highest BCUT2D eigenvalue weighted by Gasteiger charge is 2.21. The Kier molecular flexibility index (Phi) is 6.76. The smallest absolute Gasteiger partial charge is 0.328 e. The molecule has 0 aliphatic carbocycles. The molecule has 0 bridgehead atoms. The lowest BCUT2D eigenvalue weighted by Gasteiger charge is -2.15. The van der Waals surface area contributed by atoms with E-state index in [-0.39, 0.29) is 29.1 Å². The molecule has 0 saturated heterocycles. The summed E-state index contributed by atoms with van der Waals surface area (Å²) < 4.78 is 21.3. The fourth-order valence-corrected chi connectivity index (χ4v) is 2.66. The lowest BCUT2D eigenvalue weighted by molar-refractivity contribution is 0.0957. The molecule has 156 valence electrons. The Hall–Kier alpha value is -3.72. The van der Waals surface area contributed by atoms with Crippen LogP contribution >= 0.6 is 11.6 Å². The van der Waals surface area contributed by atoms with Crippen LogP contribution in [0, 0.1) is 0 Å². The van der Waals surface area contributed by atoms with Crippen LogP contribution in [-0.4, -0.2) is 37.2 Å². The van der Waals surface area contributed by atoms with Crippen molar-refractivity contribution in [2.24, 2.45) is 0 Å². The van der Waals surface area contributed by atoms with Gasteiger partial charge in [-0.25, -0.2) is 0 Å². The lowest BCUT2D eigenvalue weighted by Crippen LogP contribution is -2.30. The minimum Gasteiger partial charge on any atom is -0.496 e. The molecule has 0 atom stereocenters. The fraction of sp³-hybridized carbons (Fsp3) is 0.150. The second kappa shape index (κ2) is 9.66. The average Bonchev–Trinajstić information content (AvgIpc) is 2.77. The molecule has 3 aromatic rings. The Balaban J connectivity index is 1.89. The molecule has 2 aromatic carbocycles. The lowest BCUT2D eigenvalue weighted by atomic mass is 10.1. The van der Waals surface area contributed by atoms with Crippen molar-refractivity contribution in [1.82, 2.24) is 15.4 Å². The van der Waals surface area contributed by atoms with Crippen LogP contribution in [0.2, 0.25) is 5.02 Å². The molecule has 0 radical (unpaired) electrons. The van der Waals surface area contributed by atoms with Crippen molar-refractivity contribution in [3.8, 4) is 29.3 Å². The molecule has 0 unspecified atom stereocenters. The Bertz CT molecular complexity index is 1030. The molecular weight excluding hydrogens is 412 g/mol. The highest BCUT2D eigenvalue weighted by atomic mass is 35.5. The summed E-state index contributed by atoms with van der Waals surface area (Å²) in [6.45, 7) is 0. The van der Waals surface area contributed by atoms with E-state index < -0.39 is 5.91 Å². The number of rotatable bonds is 8. The number of aromatic nitrogens is 2. The zero-order chi connectivity index (χ0) is 21.5. The Labute approximate surface area is 177 Å². The third kappa shape index (κ3) is 4.81. The van der Waals surface area contributed by atoms with Gasteiger partial charge in [-0.15, -0.1) is 0 Å². The van der Waals surface area contributed by atoms with Crippen molar-refractivity contribution in [2.75, 3.05) is 26.8 Å². The van der Waals surface area contributed by atoms with Gasteiger partial charge in [0.05, 0.1) is 38.1 Å². The molecule has 10 heteroatoms. The maximum Gasteiger partial charge on any atom is 0.328 e. The van der Waals surface area contributed by atoms with E-state index in [4.69, 9.17) is 30.5 Å². The number of carbonyl (C=O) groups excluding carboxylic acids is 1. The molecule has 30 heavy (non-hydrogen) atoms. The van der Waals surface area contributed by atoms with Crippen LogP contribution in [0.5, 0.6) is 29.3 Å². The number of ether oxygens (including phenoxy) is 4. The minimum absolute atomic E-state index is 0.0624. The highest BCUT2D eigenvalue weighted by molar-refractivity contribution is 6.33. The topological polar surface area (TPSA) is 104 Å². The monoisotopic (exact) mass is 430 g/mol. The van der Waals surface area contributed by atoms with Gasteiger partial charge >= 0.3 is 6.01 Å². The van der Waals surface area contributed by atoms with Crippen LogP contribution in [-0.2, 0) is 0 Å². The summed E-state index contributed by atoms with van der Waals surface area (Å²) in [5, 5.41) is 0.450. The molecule has 0 aliphatic rings. The number of hydrogen-bond donors (Lipinski definition) is 2. The zero-order valence-electron chi connectivity index (χ0n) is 16.4. The summed E-state index contributed by atoms with van der Waals surface area (Å²) in [6.07, 6.45) is 0. The number of hydrazine groups is 1. The van der Waals surface area contributed by atoms with Gasteiger partial charge in [-0.1, -0.05) is 29.8 Å². The molecule has 0 aliphatic heterocycles. The van der Waals surface area contributed by atoms with Crippen LogP contribution in [0.25, 0.3) is 0 Å². The zero-order valence-corrected chi connectivity index (χ0v) is 17.2. The Morgan fingerprint density at radius 3 is 2.20 bits per heavy atom. The predicted octanol–water partition coefficient (Wildman–Crippen LogP) is 3.71. The van der Waals surface area contributed by atoms with Gasteiger partial charge in [-0.2, -0.15) is 9.97 Å². The summed E-state index contributed by atoms with van der Waals surface area (Å²) in [6, 6.07) is 13.3. The normalized spacial score (nSPS) is 10.1. The molecule has 9 nitrogen and oxygen atoms in total. The number of nitrogens with zero attached hydrogens (tertiary/aromatic N) is 2. The van der Waals surface area contributed by atoms with Crippen molar-refractivity contribution in [3.05, 3.63) is 59.1 Å². The average molecular weight is 431 g/mol. The standard InChI is InChI=1S/C20H19ClN4O5/c1-27-14-9-6-10-15(30-20-22-16(28-2)11-17(23-20)29-3)18(14)19(26)25-24-13-8-5-4-7-12(13)21/h4-11,24H,1-3H3,(H,25,26). The molecule has 0 spiro atoms. The number of anilines is 1. The van der Waals surface area contributed by atoms with Gasteiger partial charge in [-0.05, 0) is 24.3 Å². The number of amides is 1. The second-order valence-electron chi connectivity index (χ2n) is 5.73. The summed E-state index contributed by atoms with van der Waals surface area (Å²) in [5.74, 6) is 0.429. The van der Waals surface area contributed by atoms with E-state index in [1.165, 1.54) is 27.4 Å². The molecule has 0 saturated carbocycles. The number of benzene rings is 2. The van der Waals surface area contributed by atoms with Gasteiger partial charge < -0.3 is 18.9 Å². The fourth-order valence-electron chi connectivity index (χ4n) is 2.48. The summed E-state index contributed by atoms with van der Waals surface area (Å²) in [7, 11) is 4.36. The van der Waals surface area contributed by atoms with Crippen molar-refractivity contribution >= 4 is 23.2 Å². The van der Waals surface area contributed by atoms with Gasteiger partial charge in [0.1, 0.15) is 17.1 Å². The number of hydrogen-bond acceptors (Lipinski definition) is 8. The predicted molar refractivity (Wildman–Crippen MR) is 111 cm³/mol. The number of halogens is 1. The van der Waals surface area contributed by atoms with Gasteiger partial charge in [0.15, 0.2) is 0 Å². The molecule has 0 fully saturated rings. The summed E-state index contributed by atoms with van der Waals surface area (Å²) >= 11 is 6.10. The van der Waals surface area contributed by atoms with Crippen LogP contribution < -0.4 is 29.8 Å². The Morgan fingerprint density at radius 2 is 1.57 bits per heavy atom. The van der Waals surface area contributed by atoms with E-state index in [0.29, 0.717) is 16.5 Å².